The fourth-order valence-corrected chi connectivity index (χ4v) is 4.24. The molecule has 2 heterocycles. The van der Waals surface area contributed by atoms with Gasteiger partial charge in [-0.15, -0.1) is 45.9 Å². The second-order valence-electron chi connectivity index (χ2n) is 11.1. The third-order valence-corrected chi connectivity index (χ3v) is 8.92. The average molecular weight is 1140 g/mol. The minimum atomic E-state index is -1.15. The number of ether oxygens (including phenoxy) is 5. The SMILES string of the molecule is C.CCC(N)=O.CCC(N)=S.CCOC(=O)C(Cl)C=O.CCOC(=O)CCl.CCOC(=O)c1cnc(CC)s1.CCOC=O.CCc1ncc(C(=O)O)s1.NCC(N)=O.O=C(Cl)OCc1ccccc1.[Li+].[OH-]. The number of carbonyl (C=O) groups is 9. The maximum absolute atomic E-state index is 11.1. The fraction of sp³-hybridized carbons (Fsp3) is 0.488. The van der Waals surface area contributed by atoms with Crippen molar-refractivity contribution in [3.8, 4) is 0 Å². The molecule has 29 heteroatoms. The molecule has 22 nitrogen and oxygen atoms in total. The van der Waals surface area contributed by atoms with Gasteiger partial charge in [-0.05, 0) is 52.5 Å². The van der Waals surface area contributed by atoms with Crippen LogP contribution in [0.15, 0.2) is 42.7 Å². The number of alkyl halides is 2. The quantitative estimate of drug-likeness (QED) is 0.0188. The molecule has 0 saturated carbocycles. The molecule has 3 aromatic rings. The van der Waals surface area contributed by atoms with Crippen molar-refractivity contribution >= 4 is 129 Å². The Morgan fingerprint density at radius 2 is 1.18 bits per heavy atom. The number of aryl methyl sites for hydroxylation is 2. The van der Waals surface area contributed by atoms with E-state index in [1.807, 2.05) is 51.1 Å². The number of aromatic carboxylic acids is 1. The van der Waals surface area contributed by atoms with Crippen LogP contribution in [0.1, 0.15) is 111 Å². The number of esters is 3. The number of amides is 2. The van der Waals surface area contributed by atoms with Crippen molar-refractivity contribution in [2.75, 3.05) is 38.9 Å². The van der Waals surface area contributed by atoms with Crippen molar-refractivity contribution in [3.05, 3.63) is 68.1 Å². The van der Waals surface area contributed by atoms with Crippen molar-refractivity contribution in [2.24, 2.45) is 22.9 Å². The van der Waals surface area contributed by atoms with Gasteiger partial charge in [0.15, 0.2) is 5.38 Å². The summed E-state index contributed by atoms with van der Waals surface area (Å²) in [7, 11) is 0. The third kappa shape index (κ3) is 67.3. The Kier molecular flexibility index (Phi) is 77.5. The van der Waals surface area contributed by atoms with Gasteiger partial charge in [0.1, 0.15) is 28.5 Å². The van der Waals surface area contributed by atoms with Crippen LogP contribution in [0.2, 0.25) is 0 Å². The van der Waals surface area contributed by atoms with Crippen LogP contribution in [-0.4, -0.2) is 124 Å². The first-order valence-electron chi connectivity index (χ1n) is 20.3. The molecular weight excluding hydrogens is 1070 g/mol. The first-order chi connectivity index (χ1) is 32.5. The van der Waals surface area contributed by atoms with E-state index in [1.165, 1.54) is 28.9 Å². The van der Waals surface area contributed by atoms with Gasteiger partial charge < -0.3 is 62.0 Å². The molecule has 3 rings (SSSR count). The van der Waals surface area contributed by atoms with Crippen molar-refractivity contribution in [2.45, 2.75) is 100 Å². The van der Waals surface area contributed by atoms with E-state index in [0.29, 0.717) is 53.7 Å². The Morgan fingerprint density at radius 1 is 0.750 bits per heavy atom. The summed E-state index contributed by atoms with van der Waals surface area (Å²) in [4.78, 5) is 99.5. The normalized spacial score (nSPS) is 8.72. The van der Waals surface area contributed by atoms with E-state index in [-0.39, 0.29) is 75.2 Å². The number of benzene rings is 1. The number of nitrogens with two attached hydrogens (primary N) is 4. The Labute approximate surface area is 462 Å². The molecule has 0 fully saturated rings. The zero-order valence-corrected chi connectivity index (χ0v) is 45.9. The maximum Gasteiger partial charge on any atom is 1.00 e. The number of thiazole rings is 2. The summed E-state index contributed by atoms with van der Waals surface area (Å²) in [6.07, 6.45) is 6.23. The molecule has 0 spiro atoms. The zero-order valence-electron chi connectivity index (χ0n) is 41.2. The molecule has 0 aliphatic rings. The van der Waals surface area contributed by atoms with Crippen LogP contribution in [0.25, 0.3) is 0 Å². The molecule has 0 radical (unpaired) electrons. The molecule has 0 saturated heterocycles. The topological polar surface area (TPSA) is 380 Å². The first-order valence-corrected chi connectivity index (χ1v) is 23.7. The largest absolute Gasteiger partial charge is 1.00 e. The standard InChI is InChI=1S/C8H7ClO2.C8H11NO2S.C6H7NO2S.C5H7ClO3.C4H7ClO2.C3H7NO.C3H7NS.C3H6O2.C2H6N2O.CH4.Li.H2O/c9-8(10)11-6-7-4-2-1-3-5-7;1-3-7-9-5-6(12-7)8(10)11-4-2;1-2-5-7-3-4(10-5)6(8)9;1-2-9-5(8)4(6)3-7;1-2-7-4(6)3-5;2*1-2-3(4)5;1-2-5-3-4;3-1-2(4)5;;;/h1-5H,6H2;5H,3-4H2,1-2H3;3H,2H2,1H3,(H,8,9);3-4H,2H2,1H3;2-3H2,1H3;2*2H2,1H3,(H2,4,5);3H,2H2,1H3;1,3H2,(H2,4,5);1H4;;1H2/q;;;;;;;;;;+1;/p-1. The van der Waals surface area contributed by atoms with Gasteiger partial charge in [0.2, 0.25) is 11.8 Å². The van der Waals surface area contributed by atoms with Gasteiger partial charge in [0, 0.05) is 18.0 Å². The van der Waals surface area contributed by atoms with Crippen LogP contribution >= 0.6 is 69.7 Å². The predicted octanol–water partition coefficient (Wildman–Crippen LogP) is 3.63. The van der Waals surface area contributed by atoms with Crippen LogP contribution in [0.4, 0.5) is 4.79 Å². The second kappa shape index (κ2) is 64.2. The summed E-state index contributed by atoms with van der Waals surface area (Å²) in [6, 6.07) is 9.36. The van der Waals surface area contributed by atoms with E-state index < -0.39 is 28.7 Å². The molecule has 72 heavy (non-hydrogen) atoms. The Morgan fingerprint density at radius 3 is 1.43 bits per heavy atom. The number of carbonyl (C=O) groups excluding carboxylic acids is 8. The molecule has 408 valence electrons. The number of carboxylic acid groups (broad SMARTS) is 1. The summed E-state index contributed by atoms with van der Waals surface area (Å²) in [5.74, 6) is -2.96. The smallest absolute Gasteiger partial charge is 0.870 e. The van der Waals surface area contributed by atoms with E-state index in [1.54, 1.807) is 40.8 Å². The first kappa shape index (κ1) is 86.9. The number of primary amides is 2. The van der Waals surface area contributed by atoms with Gasteiger partial charge in [-0.3, -0.25) is 19.2 Å². The predicted molar refractivity (Wildman–Crippen MR) is 279 cm³/mol. The number of nitrogens with zero attached hydrogens (tertiary/aromatic N) is 2. The molecule has 2 aromatic heterocycles. The number of carboxylic acids is 1. The minimum Gasteiger partial charge on any atom is -0.870 e. The van der Waals surface area contributed by atoms with Crippen molar-refractivity contribution < 1.29 is 96.3 Å². The molecule has 0 aliphatic carbocycles. The second-order valence-corrected chi connectivity index (χ2v) is 14.9. The van der Waals surface area contributed by atoms with Crippen LogP contribution < -0.4 is 41.8 Å². The fourth-order valence-electron chi connectivity index (χ4n) is 2.60. The molecule has 10 N–H and O–H groups in total. The van der Waals surface area contributed by atoms with Crippen molar-refractivity contribution in [1.82, 2.24) is 9.97 Å². The minimum absolute atomic E-state index is 0. The summed E-state index contributed by atoms with van der Waals surface area (Å²) in [5.41, 5.74) is 19.1. The van der Waals surface area contributed by atoms with E-state index in [9.17, 15) is 43.2 Å². The summed E-state index contributed by atoms with van der Waals surface area (Å²) < 4.78 is 22.3. The van der Waals surface area contributed by atoms with Crippen LogP contribution in [0.5, 0.6) is 0 Å². The van der Waals surface area contributed by atoms with Crippen molar-refractivity contribution in [1.29, 1.82) is 0 Å². The molecule has 1 atom stereocenters. The summed E-state index contributed by atoms with van der Waals surface area (Å²) in [6.45, 7) is 16.7. The number of aldehydes is 1. The Bertz CT molecular complexity index is 1820. The number of hydrogen-bond donors (Lipinski definition) is 5. The average Bonchev–Trinajstić information content (AvgIpc) is 4.04. The van der Waals surface area contributed by atoms with Crippen LogP contribution in [0.3, 0.4) is 0 Å². The number of halogens is 3. The van der Waals surface area contributed by atoms with Crippen LogP contribution in [0, 0.1) is 0 Å². The molecule has 2 amide bonds. The van der Waals surface area contributed by atoms with E-state index in [4.69, 9.17) is 56.1 Å². The maximum atomic E-state index is 11.1. The van der Waals surface area contributed by atoms with Gasteiger partial charge in [-0.1, -0.05) is 77.7 Å². The molecule has 1 aromatic carbocycles. The monoisotopic (exact) mass is 1130 g/mol. The van der Waals surface area contributed by atoms with Crippen molar-refractivity contribution in [3.63, 3.8) is 0 Å². The summed E-state index contributed by atoms with van der Waals surface area (Å²) in [5, 5.41) is 9.16. The molecular formula is C43H70Cl3LiN6O16S3. The van der Waals surface area contributed by atoms with Gasteiger partial charge in [0.05, 0.1) is 60.4 Å². The van der Waals surface area contributed by atoms with Gasteiger partial charge in [0.25, 0.3) is 6.47 Å². The number of hydrogen-bond acceptors (Lipinski definition) is 21. The van der Waals surface area contributed by atoms with E-state index in [0.717, 1.165) is 34.8 Å². The number of thiocarbonyl (C=S) groups is 1. The zero-order chi connectivity index (χ0) is 54.6. The summed E-state index contributed by atoms with van der Waals surface area (Å²) >= 11 is 22.3. The molecule has 0 bridgehead atoms. The van der Waals surface area contributed by atoms with Gasteiger partial charge in [-0.25, -0.2) is 29.1 Å². The van der Waals surface area contributed by atoms with E-state index >= 15 is 0 Å². The third-order valence-electron chi connectivity index (χ3n) is 5.77. The van der Waals surface area contributed by atoms with E-state index in [2.05, 4.69) is 52.6 Å². The van der Waals surface area contributed by atoms with Gasteiger partial charge in [-0.2, -0.15) is 0 Å². The van der Waals surface area contributed by atoms with Gasteiger partial charge >= 0.3 is 48.2 Å². The Hall–Kier alpha value is -4.81. The number of aromatic nitrogens is 2. The molecule has 1 unspecified atom stereocenters. The number of rotatable bonds is 17. The van der Waals surface area contributed by atoms with Crippen LogP contribution in [-0.2, 0) is 71.9 Å². The molecule has 0 aliphatic heterocycles. The Balaban J connectivity index is -0.0000000900.